The summed E-state index contributed by atoms with van der Waals surface area (Å²) in [7, 11) is 3.17. The Bertz CT molecular complexity index is 979. The van der Waals surface area contributed by atoms with E-state index in [-0.39, 0.29) is 5.82 Å². The van der Waals surface area contributed by atoms with Crippen LogP contribution in [0.5, 0.6) is 11.5 Å². The Morgan fingerprint density at radius 2 is 1.89 bits per heavy atom. The molecule has 3 aromatic rings. The number of benzene rings is 2. The van der Waals surface area contributed by atoms with E-state index < -0.39 is 0 Å². The summed E-state index contributed by atoms with van der Waals surface area (Å²) in [6, 6.07) is 11.7. The van der Waals surface area contributed by atoms with Gasteiger partial charge in [-0.1, -0.05) is 12.1 Å². The lowest BCUT2D eigenvalue weighted by Crippen LogP contribution is -2.20. The van der Waals surface area contributed by atoms with Gasteiger partial charge in [-0.05, 0) is 58.0 Å². The predicted molar refractivity (Wildman–Crippen MR) is 115 cm³/mol. The Labute approximate surface area is 175 Å². The van der Waals surface area contributed by atoms with Crippen LogP contribution in [-0.4, -0.2) is 29.1 Å². The molecule has 6 nitrogen and oxygen atoms in total. The molecule has 0 amide bonds. The number of rotatable bonds is 6. The lowest BCUT2D eigenvalue weighted by atomic mass is 10.2. The second-order valence-electron chi connectivity index (χ2n) is 5.80. The van der Waals surface area contributed by atoms with E-state index in [2.05, 4.69) is 31.7 Å². The van der Waals surface area contributed by atoms with Gasteiger partial charge in [0.05, 0.1) is 30.9 Å². The van der Waals surface area contributed by atoms with E-state index in [9.17, 15) is 4.39 Å². The Balaban J connectivity index is 1.69. The summed E-state index contributed by atoms with van der Waals surface area (Å²) in [5.74, 6) is 1.60. The number of nitrogens with one attached hydrogen (secondary N) is 2. The number of aromatic nitrogens is 2. The Morgan fingerprint density at radius 3 is 2.57 bits per heavy atom. The van der Waals surface area contributed by atoms with Gasteiger partial charge in [-0.25, -0.2) is 4.39 Å². The van der Waals surface area contributed by atoms with E-state index in [1.165, 1.54) is 12.1 Å². The zero-order valence-electron chi connectivity index (χ0n) is 15.2. The van der Waals surface area contributed by atoms with Gasteiger partial charge in [0.25, 0.3) is 0 Å². The van der Waals surface area contributed by atoms with Gasteiger partial charge < -0.3 is 20.1 Å². The molecule has 146 valence electrons. The molecular formula is C19H18BrFN4O2S. The van der Waals surface area contributed by atoms with Crippen molar-refractivity contribution in [3.8, 4) is 11.5 Å². The van der Waals surface area contributed by atoms with Crippen molar-refractivity contribution in [3.05, 3.63) is 64.5 Å². The fraction of sp³-hybridized carbons (Fsp3) is 0.158. The maximum absolute atomic E-state index is 13.0. The third-order valence-electron chi connectivity index (χ3n) is 3.86. The van der Waals surface area contributed by atoms with Crippen molar-refractivity contribution in [1.82, 2.24) is 9.78 Å². The van der Waals surface area contributed by atoms with Crippen molar-refractivity contribution < 1.29 is 13.9 Å². The zero-order valence-corrected chi connectivity index (χ0v) is 17.6. The average molecular weight is 465 g/mol. The molecule has 0 bridgehead atoms. The number of hydrogen-bond acceptors (Lipinski definition) is 4. The number of halogens is 2. The topological polar surface area (TPSA) is 60.3 Å². The lowest BCUT2D eigenvalue weighted by molar-refractivity contribution is 0.405. The fourth-order valence-electron chi connectivity index (χ4n) is 2.51. The molecule has 1 aromatic heterocycles. The summed E-state index contributed by atoms with van der Waals surface area (Å²) in [5, 5.41) is 10.9. The Hall–Kier alpha value is -2.65. The molecule has 0 spiro atoms. The van der Waals surface area contributed by atoms with Gasteiger partial charge in [0.2, 0.25) is 0 Å². The standard InChI is InChI=1S/C19H18BrFN4O2S/c1-26-14-7-8-17(27-2)16(9-14)22-19(28)23-18-15(20)11-25(24-18)10-12-3-5-13(21)6-4-12/h3-9,11H,10H2,1-2H3,(H2,22,23,24,28). The molecule has 0 aliphatic carbocycles. The van der Waals surface area contributed by atoms with Gasteiger partial charge in [0.1, 0.15) is 17.3 Å². The van der Waals surface area contributed by atoms with Crippen molar-refractivity contribution >= 4 is 44.8 Å². The van der Waals surface area contributed by atoms with Crippen LogP contribution in [0.25, 0.3) is 0 Å². The zero-order chi connectivity index (χ0) is 20.1. The van der Waals surface area contributed by atoms with Crippen LogP contribution >= 0.6 is 28.1 Å². The first kappa shape index (κ1) is 20.1. The molecule has 0 radical (unpaired) electrons. The highest BCUT2D eigenvalue weighted by atomic mass is 79.9. The molecule has 0 saturated carbocycles. The number of methoxy groups -OCH3 is 2. The van der Waals surface area contributed by atoms with Crippen LogP contribution in [0, 0.1) is 5.82 Å². The summed E-state index contributed by atoms with van der Waals surface area (Å²) in [4.78, 5) is 0. The molecule has 2 N–H and O–H groups in total. The molecule has 9 heteroatoms. The van der Waals surface area contributed by atoms with E-state index >= 15 is 0 Å². The predicted octanol–water partition coefficient (Wildman–Crippen LogP) is 4.66. The van der Waals surface area contributed by atoms with Gasteiger partial charge in [-0.15, -0.1) is 0 Å². The monoisotopic (exact) mass is 464 g/mol. The summed E-state index contributed by atoms with van der Waals surface area (Å²) < 4.78 is 26.1. The molecule has 28 heavy (non-hydrogen) atoms. The molecule has 0 saturated heterocycles. The molecule has 3 rings (SSSR count). The van der Waals surface area contributed by atoms with Crippen molar-refractivity contribution in [1.29, 1.82) is 0 Å². The molecule has 0 aliphatic heterocycles. The van der Waals surface area contributed by atoms with Crippen LogP contribution in [0.3, 0.4) is 0 Å². The van der Waals surface area contributed by atoms with Crippen LogP contribution in [0.15, 0.2) is 53.1 Å². The molecule has 0 fully saturated rings. The average Bonchev–Trinajstić information content (AvgIpc) is 3.02. The molecule has 1 heterocycles. The first-order valence-electron chi connectivity index (χ1n) is 8.26. The highest BCUT2D eigenvalue weighted by molar-refractivity contribution is 9.10. The number of hydrogen-bond donors (Lipinski definition) is 2. The summed E-state index contributed by atoms with van der Waals surface area (Å²) in [6.07, 6.45) is 1.82. The van der Waals surface area contributed by atoms with Gasteiger partial charge >= 0.3 is 0 Å². The third kappa shape index (κ3) is 4.99. The largest absolute Gasteiger partial charge is 0.497 e. The van der Waals surface area contributed by atoms with Crippen molar-refractivity contribution in [2.75, 3.05) is 24.9 Å². The smallest absolute Gasteiger partial charge is 0.176 e. The van der Waals surface area contributed by atoms with E-state index in [4.69, 9.17) is 21.7 Å². The minimum atomic E-state index is -0.267. The third-order valence-corrected chi connectivity index (χ3v) is 4.65. The second-order valence-corrected chi connectivity index (χ2v) is 7.06. The minimum Gasteiger partial charge on any atom is -0.497 e. The fourth-order valence-corrected chi connectivity index (χ4v) is 3.13. The number of nitrogens with zero attached hydrogens (tertiary/aromatic N) is 2. The second kappa shape index (κ2) is 9.03. The van der Waals surface area contributed by atoms with E-state index in [0.717, 1.165) is 10.0 Å². The van der Waals surface area contributed by atoms with Crippen LogP contribution in [0.2, 0.25) is 0 Å². The van der Waals surface area contributed by atoms with Gasteiger partial charge in [-0.3, -0.25) is 4.68 Å². The SMILES string of the molecule is COc1ccc(OC)c(NC(=S)Nc2nn(Cc3ccc(F)cc3)cc2Br)c1. The molecule has 0 atom stereocenters. The van der Waals surface area contributed by atoms with Crippen molar-refractivity contribution in [3.63, 3.8) is 0 Å². The van der Waals surface area contributed by atoms with Crippen LogP contribution < -0.4 is 20.1 Å². The van der Waals surface area contributed by atoms with Gasteiger partial charge in [-0.2, -0.15) is 5.10 Å². The number of anilines is 2. The maximum atomic E-state index is 13.0. The molecule has 2 aromatic carbocycles. The number of ether oxygens (including phenoxy) is 2. The highest BCUT2D eigenvalue weighted by Crippen LogP contribution is 2.29. The summed E-state index contributed by atoms with van der Waals surface area (Å²) >= 11 is 8.86. The lowest BCUT2D eigenvalue weighted by Gasteiger charge is -2.13. The number of thiocarbonyl (C=S) groups is 1. The molecular weight excluding hydrogens is 447 g/mol. The molecule has 0 aliphatic rings. The van der Waals surface area contributed by atoms with Crippen LogP contribution in [-0.2, 0) is 6.54 Å². The van der Waals surface area contributed by atoms with Crippen molar-refractivity contribution in [2.24, 2.45) is 0 Å². The quantitative estimate of drug-likeness (QED) is 0.517. The van der Waals surface area contributed by atoms with E-state index in [1.54, 1.807) is 49.2 Å². The van der Waals surface area contributed by atoms with Crippen LogP contribution in [0.4, 0.5) is 15.9 Å². The first-order chi connectivity index (χ1) is 13.5. The molecule has 0 unspecified atom stereocenters. The Morgan fingerprint density at radius 1 is 1.14 bits per heavy atom. The van der Waals surface area contributed by atoms with Crippen LogP contribution in [0.1, 0.15) is 5.56 Å². The van der Waals surface area contributed by atoms with E-state index in [1.807, 2.05) is 6.20 Å². The minimum absolute atomic E-state index is 0.267. The van der Waals surface area contributed by atoms with Gasteiger partial charge in [0, 0.05) is 12.3 Å². The van der Waals surface area contributed by atoms with Gasteiger partial charge in [0.15, 0.2) is 10.9 Å². The highest BCUT2D eigenvalue weighted by Gasteiger charge is 2.11. The van der Waals surface area contributed by atoms with Crippen molar-refractivity contribution in [2.45, 2.75) is 6.54 Å². The summed E-state index contributed by atoms with van der Waals surface area (Å²) in [5.41, 5.74) is 1.60. The summed E-state index contributed by atoms with van der Waals surface area (Å²) in [6.45, 7) is 0.504. The normalized spacial score (nSPS) is 10.4. The van der Waals surface area contributed by atoms with E-state index in [0.29, 0.717) is 34.7 Å². The first-order valence-corrected chi connectivity index (χ1v) is 9.46. The Kier molecular flexibility index (Phi) is 6.48. The maximum Gasteiger partial charge on any atom is 0.176 e.